The Balaban J connectivity index is 2.14. The number of hydrogen-bond acceptors (Lipinski definition) is 3. The standard InChI is InChI=1S/C15H22N2O2/c1-3-15(5-4-6-15)9-17-11-7-10(2)13(16)12(8-11)14(18)19/h7-8,17H,3-6,9,16H2,1-2H3,(H,18,19). The molecule has 19 heavy (non-hydrogen) atoms. The van der Waals surface area contributed by atoms with E-state index in [1.807, 2.05) is 13.0 Å². The molecule has 4 nitrogen and oxygen atoms in total. The number of benzene rings is 1. The Kier molecular flexibility index (Phi) is 3.69. The number of nitrogen functional groups attached to an aromatic ring is 1. The molecule has 0 atom stereocenters. The Morgan fingerprint density at radius 2 is 2.16 bits per heavy atom. The van der Waals surface area contributed by atoms with E-state index in [0.29, 0.717) is 11.1 Å². The van der Waals surface area contributed by atoms with Gasteiger partial charge in [0.2, 0.25) is 0 Å². The van der Waals surface area contributed by atoms with Crippen molar-refractivity contribution < 1.29 is 9.90 Å². The van der Waals surface area contributed by atoms with Crippen molar-refractivity contribution in [3.63, 3.8) is 0 Å². The van der Waals surface area contributed by atoms with Gasteiger partial charge in [-0.05, 0) is 49.3 Å². The van der Waals surface area contributed by atoms with Crippen LogP contribution < -0.4 is 11.1 Å². The Labute approximate surface area is 114 Å². The average Bonchev–Trinajstić information content (AvgIpc) is 2.32. The number of anilines is 2. The van der Waals surface area contributed by atoms with Gasteiger partial charge in [0.25, 0.3) is 0 Å². The molecule has 1 saturated carbocycles. The lowest BCUT2D eigenvalue weighted by Crippen LogP contribution is -2.35. The van der Waals surface area contributed by atoms with Crippen LogP contribution in [0.5, 0.6) is 0 Å². The summed E-state index contributed by atoms with van der Waals surface area (Å²) >= 11 is 0. The summed E-state index contributed by atoms with van der Waals surface area (Å²) in [6, 6.07) is 3.55. The minimum Gasteiger partial charge on any atom is -0.478 e. The third-order valence-electron chi connectivity index (χ3n) is 4.45. The number of aryl methyl sites for hydroxylation is 1. The van der Waals surface area contributed by atoms with Crippen LogP contribution in [-0.2, 0) is 0 Å². The maximum atomic E-state index is 11.1. The molecule has 0 radical (unpaired) electrons. The second-order valence-corrected chi connectivity index (χ2v) is 5.62. The molecule has 0 aromatic heterocycles. The molecule has 2 rings (SSSR count). The summed E-state index contributed by atoms with van der Waals surface area (Å²) in [6.07, 6.45) is 4.99. The van der Waals surface area contributed by atoms with Crippen molar-refractivity contribution in [2.24, 2.45) is 5.41 Å². The van der Waals surface area contributed by atoms with Gasteiger partial charge in [-0.1, -0.05) is 13.3 Å². The third-order valence-corrected chi connectivity index (χ3v) is 4.45. The summed E-state index contributed by atoms with van der Waals surface area (Å²) in [5.41, 5.74) is 8.38. The van der Waals surface area contributed by atoms with Crippen molar-refractivity contribution in [3.8, 4) is 0 Å². The van der Waals surface area contributed by atoms with Gasteiger partial charge in [-0.25, -0.2) is 4.79 Å². The average molecular weight is 262 g/mol. The molecule has 0 bridgehead atoms. The first-order valence-corrected chi connectivity index (χ1v) is 6.85. The number of nitrogens with two attached hydrogens (primary N) is 1. The first-order chi connectivity index (χ1) is 8.97. The Morgan fingerprint density at radius 3 is 2.63 bits per heavy atom. The zero-order chi connectivity index (χ0) is 14.0. The minimum absolute atomic E-state index is 0.182. The predicted molar refractivity (Wildman–Crippen MR) is 77.6 cm³/mol. The van der Waals surface area contributed by atoms with E-state index in [9.17, 15) is 4.79 Å². The van der Waals surface area contributed by atoms with Crippen LogP contribution >= 0.6 is 0 Å². The highest BCUT2D eigenvalue weighted by molar-refractivity contribution is 5.95. The molecule has 1 fully saturated rings. The van der Waals surface area contributed by atoms with E-state index in [4.69, 9.17) is 10.8 Å². The molecular formula is C15H22N2O2. The number of carboxylic acids is 1. The van der Waals surface area contributed by atoms with Gasteiger partial charge < -0.3 is 16.2 Å². The molecule has 0 aliphatic heterocycles. The van der Waals surface area contributed by atoms with Crippen LogP contribution in [0.1, 0.15) is 48.5 Å². The van der Waals surface area contributed by atoms with Crippen LogP contribution in [0.4, 0.5) is 11.4 Å². The van der Waals surface area contributed by atoms with Gasteiger partial charge in [0, 0.05) is 17.9 Å². The van der Waals surface area contributed by atoms with Crippen LogP contribution in [0.3, 0.4) is 0 Å². The number of rotatable bonds is 5. The summed E-state index contributed by atoms with van der Waals surface area (Å²) in [7, 11) is 0. The van der Waals surface area contributed by atoms with Crippen molar-refractivity contribution in [1.82, 2.24) is 0 Å². The van der Waals surface area contributed by atoms with Gasteiger partial charge in [-0.3, -0.25) is 0 Å². The maximum Gasteiger partial charge on any atom is 0.337 e. The second-order valence-electron chi connectivity index (χ2n) is 5.62. The molecule has 0 amide bonds. The molecule has 0 spiro atoms. The van der Waals surface area contributed by atoms with E-state index in [0.717, 1.165) is 17.8 Å². The van der Waals surface area contributed by atoms with Gasteiger partial charge >= 0.3 is 5.97 Å². The fourth-order valence-corrected chi connectivity index (χ4v) is 2.70. The van der Waals surface area contributed by atoms with Crippen molar-refractivity contribution >= 4 is 17.3 Å². The summed E-state index contributed by atoms with van der Waals surface area (Å²) < 4.78 is 0. The molecule has 104 valence electrons. The lowest BCUT2D eigenvalue weighted by molar-refractivity contribution is 0.0698. The van der Waals surface area contributed by atoms with Crippen molar-refractivity contribution in [1.29, 1.82) is 0 Å². The largest absolute Gasteiger partial charge is 0.478 e. The maximum absolute atomic E-state index is 11.1. The number of carbonyl (C=O) groups is 1. The third kappa shape index (κ3) is 2.67. The topological polar surface area (TPSA) is 75.3 Å². The Morgan fingerprint density at radius 1 is 1.47 bits per heavy atom. The first-order valence-electron chi connectivity index (χ1n) is 6.85. The molecule has 1 aliphatic carbocycles. The van der Waals surface area contributed by atoms with E-state index in [2.05, 4.69) is 12.2 Å². The van der Waals surface area contributed by atoms with Crippen LogP contribution in [0.25, 0.3) is 0 Å². The zero-order valence-corrected chi connectivity index (χ0v) is 11.6. The summed E-state index contributed by atoms with van der Waals surface area (Å²) in [5, 5.41) is 12.5. The molecule has 0 heterocycles. The summed E-state index contributed by atoms with van der Waals surface area (Å²) in [4.78, 5) is 11.1. The molecule has 1 aromatic rings. The van der Waals surface area contributed by atoms with Crippen LogP contribution in [0.15, 0.2) is 12.1 Å². The van der Waals surface area contributed by atoms with Gasteiger partial charge in [0.05, 0.1) is 5.56 Å². The lowest BCUT2D eigenvalue weighted by Gasteiger charge is -2.41. The Bertz CT molecular complexity index is 488. The monoisotopic (exact) mass is 262 g/mol. The van der Waals surface area contributed by atoms with E-state index in [1.54, 1.807) is 6.07 Å². The number of aromatic carboxylic acids is 1. The molecule has 1 aromatic carbocycles. The van der Waals surface area contributed by atoms with Gasteiger partial charge in [-0.15, -0.1) is 0 Å². The number of carboxylic acid groups (broad SMARTS) is 1. The smallest absolute Gasteiger partial charge is 0.337 e. The van der Waals surface area contributed by atoms with Gasteiger partial charge in [0.1, 0.15) is 0 Å². The highest BCUT2D eigenvalue weighted by Gasteiger charge is 2.34. The molecule has 0 saturated heterocycles. The number of nitrogens with one attached hydrogen (secondary N) is 1. The van der Waals surface area contributed by atoms with E-state index < -0.39 is 5.97 Å². The van der Waals surface area contributed by atoms with Crippen molar-refractivity contribution in [2.45, 2.75) is 39.5 Å². The summed E-state index contributed by atoms with van der Waals surface area (Å²) in [5.74, 6) is -0.974. The minimum atomic E-state index is -0.974. The Hall–Kier alpha value is -1.71. The molecule has 4 N–H and O–H groups in total. The quantitative estimate of drug-likeness (QED) is 0.712. The SMILES string of the molecule is CCC1(CNc2cc(C)c(N)c(C(=O)O)c2)CCC1. The van der Waals surface area contributed by atoms with E-state index in [1.165, 1.54) is 25.7 Å². The summed E-state index contributed by atoms with van der Waals surface area (Å²) in [6.45, 7) is 4.97. The van der Waals surface area contributed by atoms with E-state index in [-0.39, 0.29) is 5.56 Å². The lowest BCUT2D eigenvalue weighted by atomic mass is 9.67. The predicted octanol–water partition coefficient (Wildman–Crippen LogP) is 3.27. The van der Waals surface area contributed by atoms with Crippen LogP contribution in [0.2, 0.25) is 0 Å². The fraction of sp³-hybridized carbons (Fsp3) is 0.533. The van der Waals surface area contributed by atoms with Crippen LogP contribution in [-0.4, -0.2) is 17.6 Å². The fourth-order valence-electron chi connectivity index (χ4n) is 2.70. The second kappa shape index (κ2) is 5.11. The molecule has 4 heteroatoms. The highest BCUT2D eigenvalue weighted by Crippen LogP contribution is 2.43. The van der Waals surface area contributed by atoms with Crippen LogP contribution in [0, 0.1) is 12.3 Å². The van der Waals surface area contributed by atoms with E-state index >= 15 is 0 Å². The normalized spacial score (nSPS) is 16.7. The van der Waals surface area contributed by atoms with Crippen molar-refractivity contribution in [3.05, 3.63) is 23.3 Å². The first kappa shape index (κ1) is 13.7. The van der Waals surface area contributed by atoms with Gasteiger partial charge in [0.15, 0.2) is 0 Å². The molecular weight excluding hydrogens is 240 g/mol. The van der Waals surface area contributed by atoms with Crippen molar-refractivity contribution in [2.75, 3.05) is 17.6 Å². The highest BCUT2D eigenvalue weighted by atomic mass is 16.4. The molecule has 0 unspecified atom stereocenters. The van der Waals surface area contributed by atoms with Gasteiger partial charge in [-0.2, -0.15) is 0 Å². The zero-order valence-electron chi connectivity index (χ0n) is 11.6. The number of hydrogen-bond donors (Lipinski definition) is 3. The molecule has 1 aliphatic rings.